The fourth-order valence-electron chi connectivity index (χ4n) is 4.00. The van der Waals surface area contributed by atoms with Crippen LogP contribution in [0.3, 0.4) is 0 Å². The van der Waals surface area contributed by atoms with Crippen LogP contribution in [0.5, 0.6) is 0 Å². The first-order valence-electron chi connectivity index (χ1n) is 9.03. The van der Waals surface area contributed by atoms with Crippen LogP contribution in [-0.4, -0.2) is 38.3 Å². The van der Waals surface area contributed by atoms with Crippen LogP contribution in [0.25, 0.3) is 15.9 Å². The number of likely N-dealkylation sites (tertiary alicyclic amines) is 1. The van der Waals surface area contributed by atoms with Crippen LogP contribution in [0.1, 0.15) is 30.0 Å². The van der Waals surface area contributed by atoms with Crippen molar-refractivity contribution in [1.29, 1.82) is 0 Å². The first kappa shape index (κ1) is 15.6. The van der Waals surface area contributed by atoms with Crippen LogP contribution in [0.4, 0.5) is 0 Å². The number of imidazole rings is 1. The van der Waals surface area contributed by atoms with Gasteiger partial charge in [-0.25, -0.2) is 4.98 Å². The number of hydrogen-bond acceptors (Lipinski definition) is 3. The van der Waals surface area contributed by atoms with Crippen molar-refractivity contribution in [3.8, 4) is 0 Å². The quantitative estimate of drug-likeness (QED) is 0.601. The van der Waals surface area contributed by atoms with Gasteiger partial charge >= 0.3 is 0 Å². The van der Waals surface area contributed by atoms with Crippen molar-refractivity contribution in [1.82, 2.24) is 19.3 Å². The highest BCUT2D eigenvalue weighted by Crippen LogP contribution is 2.33. The minimum atomic E-state index is 0.188. The van der Waals surface area contributed by atoms with E-state index >= 15 is 0 Å². The number of fused-ring (bicyclic) bond motifs is 2. The molecule has 4 heterocycles. The van der Waals surface area contributed by atoms with Gasteiger partial charge in [-0.3, -0.25) is 9.20 Å². The largest absolute Gasteiger partial charge is 0.361 e. The van der Waals surface area contributed by atoms with Gasteiger partial charge in [-0.05, 0) is 30.4 Å². The zero-order valence-electron chi connectivity index (χ0n) is 14.4. The fraction of sp³-hybridized carbons (Fsp3) is 0.300. The van der Waals surface area contributed by atoms with Gasteiger partial charge in [0, 0.05) is 48.0 Å². The van der Waals surface area contributed by atoms with Gasteiger partial charge in [0.15, 0.2) is 4.96 Å². The van der Waals surface area contributed by atoms with Gasteiger partial charge in [-0.1, -0.05) is 18.2 Å². The third-order valence-electron chi connectivity index (χ3n) is 5.38. The third-order valence-corrected chi connectivity index (χ3v) is 6.15. The Balaban J connectivity index is 1.25. The molecule has 6 heteroatoms. The molecule has 1 amide bonds. The molecule has 0 unspecified atom stereocenters. The van der Waals surface area contributed by atoms with E-state index in [4.69, 9.17) is 0 Å². The Bertz CT molecular complexity index is 1040. The van der Waals surface area contributed by atoms with Crippen molar-refractivity contribution in [2.45, 2.75) is 25.2 Å². The van der Waals surface area contributed by atoms with Gasteiger partial charge < -0.3 is 9.88 Å². The number of thiazole rings is 1. The van der Waals surface area contributed by atoms with Crippen molar-refractivity contribution < 1.29 is 4.79 Å². The average molecular weight is 364 g/mol. The second-order valence-corrected chi connectivity index (χ2v) is 7.82. The van der Waals surface area contributed by atoms with Crippen LogP contribution in [-0.2, 0) is 11.2 Å². The lowest BCUT2D eigenvalue weighted by atomic mass is 9.89. The molecular weight excluding hydrogens is 344 g/mol. The summed E-state index contributed by atoms with van der Waals surface area (Å²) < 4.78 is 1.98. The molecule has 1 saturated heterocycles. The van der Waals surface area contributed by atoms with Crippen LogP contribution in [0, 0.1) is 0 Å². The normalized spacial score (nSPS) is 15.9. The van der Waals surface area contributed by atoms with Crippen molar-refractivity contribution in [3.63, 3.8) is 0 Å². The lowest BCUT2D eigenvalue weighted by molar-refractivity contribution is -0.131. The molecule has 0 atom stereocenters. The molecule has 0 radical (unpaired) electrons. The second kappa shape index (κ2) is 6.29. The number of carbonyl (C=O) groups excluding carboxylic acids is 1. The van der Waals surface area contributed by atoms with E-state index in [9.17, 15) is 4.79 Å². The van der Waals surface area contributed by atoms with Gasteiger partial charge in [0.2, 0.25) is 5.91 Å². The lowest BCUT2D eigenvalue weighted by Crippen LogP contribution is -2.38. The predicted molar refractivity (Wildman–Crippen MR) is 104 cm³/mol. The first-order chi connectivity index (χ1) is 12.8. The number of para-hydroxylation sites is 1. The van der Waals surface area contributed by atoms with E-state index < -0.39 is 0 Å². The maximum atomic E-state index is 12.6. The number of piperidine rings is 1. The Morgan fingerprint density at radius 1 is 1.27 bits per heavy atom. The Kier molecular flexibility index (Phi) is 3.78. The number of amides is 1. The number of rotatable bonds is 3. The van der Waals surface area contributed by atoms with Crippen molar-refractivity contribution in [2.75, 3.05) is 13.1 Å². The molecule has 1 N–H and O–H groups in total. The van der Waals surface area contributed by atoms with Gasteiger partial charge in [-0.15, -0.1) is 11.3 Å². The molecule has 0 saturated carbocycles. The Hall–Kier alpha value is -2.60. The molecule has 5 rings (SSSR count). The third kappa shape index (κ3) is 2.70. The molecule has 1 fully saturated rings. The zero-order chi connectivity index (χ0) is 17.5. The molecule has 4 aromatic rings. The molecule has 0 spiro atoms. The summed E-state index contributed by atoms with van der Waals surface area (Å²) in [6.07, 6.45) is 8.52. The highest BCUT2D eigenvalue weighted by molar-refractivity contribution is 7.15. The number of hydrogen-bond donors (Lipinski definition) is 1. The molecule has 5 nitrogen and oxygen atoms in total. The minimum absolute atomic E-state index is 0.188. The molecule has 132 valence electrons. The summed E-state index contributed by atoms with van der Waals surface area (Å²) in [4.78, 5) is 23.5. The molecule has 1 aliphatic heterocycles. The smallest absolute Gasteiger partial charge is 0.228 e. The standard InChI is InChI=1S/C20H20N4OS/c25-19(11-15-13-24-9-10-26-20(24)22-15)23-7-5-14(6-8-23)17-12-21-18-4-2-1-3-16(17)18/h1-4,9-10,12-14,21H,5-8,11H2. The Morgan fingerprint density at radius 3 is 2.96 bits per heavy atom. The van der Waals surface area contributed by atoms with E-state index in [0.29, 0.717) is 12.3 Å². The summed E-state index contributed by atoms with van der Waals surface area (Å²) in [5.41, 5.74) is 3.45. The number of nitrogens with zero attached hydrogens (tertiary/aromatic N) is 3. The predicted octanol–water partition coefficient (Wildman–Crippen LogP) is 3.83. The maximum Gasteiger partial charge on any atom is 0.228 e. The summed E-state index contributed by atoms with van der Waals surface area (Å²) in [5, 5.41) is 3.32. The summed E-state index contributed by atoms with van der Waals surface area (Å²) in [6, 6.07) is 8.45. The van der Waals surface area contributed by atoms with E-state index in [1.54, 1.807) is 11.3 Å². The van der Waals surface area contributed by atoms with Gasteiger partial charge in [0.05, 0.1) is 12.1 Å². The molecule has 1 aromatic carbocycles. The first-order valence-corrected chi connectivity index (χ1v) is 9.91. The molecule has 26 heavy (non-hydrogen) atoms. The van der Waals surface area contributed by atoms with Crippen molar-refractivity contribution in [3.05, 3.63) is 59.5 Å². The van der Waals surface area contributed by atoms with E-state index in [-0.39, 0.29) is 5.91 Å². The van der Waals surface area contributed by atoms with Gasteiger partial charge in [0.1, 0.15) is 0 Å². The number of aromatic nitrogens is 3. The summed E-state index contributed by atoms with van der Waals surface area (Å²) in [7, 11) is 0. The SMILES string of the molecule is O=C(Cc1cn2ccsc2n1)N1CCC(c2c[nH]c3ccccc23)CC1. The summed E-state index contributed by atoms with van der Waals surface area (Å²) in [5.74, 6) is 0.710. The van der Waals surface area contributed by atoms with Crippen molar-refractivity contribution >= 4 is 33.1 Å². The summed E-state index contributed by atoms with van der Waals surface area (Å²) >= 11 is 1.59. The van der Waals surface area contributed by atoms with Crippen LogP contribution in [0.2, 0.25) is 0 Å². The Morgan fingerprint density at radius 2 is 2.12 bits per heavy atom. The monoisotopic (exact) mass is 364 g/mol. The molecule has 0 bridgehead atoms. The van der Waals surface area contributed by atoms with Crippen LogP contribution in [0.15, 0.2) is 48.2 Å². The molecular formula is C20H20N4OS. The van der Waals surface area contributed by atoms with Crippen LogP contribution < -0.4 is 0 Å². The van der Waals surface area contributed by atoms with Gasteiger partial charge in [-0.2, -0.15) is 0 Å². The number of benzene rings is 1. The number of carbonyl (C=O) groups is 1. The summed E-state index contributed by atoms with van der Waals surface area (Å²) in [6.45, 7) is 1.65. The highest BCUT2D eigenvalue weighted by Gasteiger charge is 2.25. The number of nitrogens with one attached hydrogen (secondary N) is 1. The van der Waals surface area contributed by atoms with Crippen molar-refractivity contribution in [2.24, 2.45) is 0 Å². The molecule has 1 aliphatic rings. The molecule has 0 aliphatic carbocycles. The van der Waals surface area contributed by atoms with E-state index in [0.717, 1.165) is 36.6 Å². The minimum Gasteiger partial charge on any atom is -0.361 e. The second-order valence-electron chi connectivity index (χ2n) is 6.95. The molecule has 3 aromatic heterocycles. The lowest BCUT2D eigenvalue weighted by Gasteiger charge is -2.32. The Labute approximate surface area is 155 Å². The highest BCUT2D eigenvalue weighted by atomic mass is 32.1. The van der Waals surface area contributed by atoms with Crippen LogP contribution >= 0.6 is 11.3 Å². The topological polar surface area (TPSA) is 53.4 Å². The number of aromatic amines is 1. The van der Waals surface area contributed by atoms with Gasteiger partial charge in [0.25, 0.3) is 0 Å². The van der Waals surface area contributed by atoms with E-state index in [2.05, 4.69) is 40.4 Å². The maximum absolute atomic E-state index is 12.6. The van der Waals surface area contributed by atoms with E-state index in [1.807, 2.05) is 27.1 Å². The fourth-order valence-corrected chi connectivity index (χ4v) is 4.72. The zero-order valence-corrected chi connectivity index (χ0v) is 15.2. The number of H-pyrrole nitrogens is 1. The average Bonchev–Trinajstić information content (AvgIpc) is 3.36. The van der Waals surface area contributed by atoms with E-state index in [1.165, 1.54) is 16.5 Å².